The number of fused-ring (bicyclic) bond motifs is 1. The van der Waals surface area contributed by atoms with E-state index in [1.165, 1.54) is 12.3 Å². The molecule has 0 spiro atoms. The molecule has 14 nitrogen and oxygen atoms in total. The summed E-state index contributed by atoms with van der Waals surface area (Å²) in [6.07, 6.45) is 4.45. The first kappa shape index (κ1) is 32.8. The molecular formula is C31H37N7O7S. The normalized spacial score (nSPS) is 18.1. The van der Waals surface area contributed by atoms with Crippen LogP contribution in [0.2, 0.25) is 0 Å². The van der Waals surface area contributed by atoms with Crippen LogP contribution in [0.25, 0.3) is 10.8 Å². The molecule has 5 N–H and O–H groups in total. The van der Waals surface area contributed by atoms with Crippen LogP contribution >= 0.6 is 0 Å². The first-order valence-corrected chi connectivity index (χ1v) is 16.7. The quantitative estimate of drug-likeness (QED) is 0.170. The Morgan fingerprint density at radius 3 is 2.39 bits per heavy atom. The lowest BCUT2D eigenvalue weighted by molar-refractivity contribution is -0.129. The van der Waals surface area contributed by atoms with E-state index in [1.807, 2.05) is 24.3 Å². The van der Waals surface area contributed by atoms with Gasteiger partial charge in [-0.15, -0.1) is 0 Å². The lowest BCUT2D eigenvalue weighted by Gasteiger charge is -2.39. The molecule has 2 heterocycles. The number of rotatable bonds is 13. The Labute approximate surface area is 266 Å². The Morgan fingerprint density at radius 1 is 0.891 bits per heavy atom. The van der Waals surface area contributed by atoms with Crippen LogP contribution in [0, 0.1) is 5.92 Å². The molecule has 244 valence electrons. The van der Waals surface area contributed by atoms with Crippen LogP contribution in [-0.2, 0) is 19.6 Å². The molecule has 4 amide bonds. The van der Waals surface area contributed by atoms with E-state index in [4.69, 9.17) is 0 Å². The van der Waals surface area contributed by atoms with Gasteiger partial charge in [0.15, 0.2) is 0 Å². The monoisotopic (exact) mass is 651 g/mol. The van der Waals surface area contributed by atoms with Crippen molar-refractivity contribution >= 4 is 44.6 Å². The fraction of sp³-hybridized carbons (Fsp3) is 0.419. The zero-order valence-corrected chi connectivity index (χ0v) is 26.0. The molecule has 1 aliphatic carbocycles. The Bertz CT molecular complexity index is 1710. The minimum atomic E-state index is -3.86. The van der Waals surface area contributed by atoms with Crippen molar-refractivity contribution in [2.45, 2.75) is 49.0 Å². The molecule has 2 fully saturated rings. The molecule has 0 bridgehead atoms. The van der Waals surface area contributed by atoms with Gasteiger partial charge in [-0.05, 0) is 48.6 Å². The predicted octanol–water partition coefficient (Wildman–Crippen LogP) is 1.60. The van der Waals surface area contributed by atoms with Crippen molar-refractivity contribution in [1.29, 1.82) is 0 Å². The number of nitrogens with zero attached hydrogens (tertiary/aromatic N) is 3. The summed E-state index contributed by atoms with van der Waals surface area (Å²) in [6, 6.07) is 11.3. The molecule has 1 aliphatic heterocycles. The summed E-state index contributed by atoms with van der Waals surface area (Å²) in [5.74, 6) is -1.74. The van der Waals surface area contributed by atoms with Crippen LogP contribution in [0.5, 0.6) is 0 Å². The molecule has 0 unspecified atom stereocenters. The third-order valence-electron chi connectivity index (χ3n) is 8.16. The lowest BCUT2D eigenvalue weighted by Crippen LogP contribution is -2.57. The first-order chi connectivity index (χ1) is 22.1. The Kier molecular flexibility index (Phi) is 10.4. The fourth-order valence-corrected chi connectivity index (χ4v) is 6.70. The van der Waals surface area contributed by atoms with Crippen LogP contribution in [0.4, 0.5) is 4.79 Å². The van der Waals surface area contributed by atoms with Gasteiger partial charge in [-0.2, -0.15) is 0 Å². The van der Waals surface area contributed by atoms with Crippen molar-refractivity contribution in [2.24, 2.45) is 5.92 Å². The number of likely N-dealkylation sites (tertiary alicyclic amines) is 1. The molecular weight excluding hydrogens is 614 g/mol. The fourth-order valence-electron chi connectivity index (χ4n) is 5.63. The van der Waals surface area contributed by atoms with E-state index in [-0.39, 0.29) is 67.5 Å². The zero-order chi connectivity index (χ0) is 32.7. The molecule has 1 aromatic heterocycles. The number of piperidine rings is 1. The van der Waals surface area contributed by atoms with E-state index in [0.29, 0.717) is 18.5 Å². The van der Waals surface area contributed by atoms with Crippen LogP contribution in [-0.4, -0.2) is 91.0 Å². The number of benzene rings is 2. The standard InChI is InChI=1S/C31H37N7O7S/c39-26(11-12-37-46(44,45)23-10-9-20-4-1-2-5-22(20)18-23)36-19-25-24(6-3-17-38(25)31(42)43)29(40)34-15-16-35-30(41)28-27(21-7-8-21)32-13-14-33-28/h1-2,4-5,9-10,13-14,18,21,24-25,37H,3,6-8,11-12,15-17,19H2,(H,34,40)(H,35,41)(H,36,39)(H,42,43)/t24-,25+/m0/s1. The lowest BCUT2D eigenvalue weighted by atomic mass is 9.88. The number of carboxylic acid groups (broad SMARTS) is 1. The average molecular weight is 652 g/mol. The molecule has 46 heavy (non-hydrogen) atoms. The number of hydrogen-bond donors (Lipinski definition) is 5. The van der Waals surface area contributed by atoms with E-state index in [0.717, 1.165) is 28.5 Å². The second-order valence-electron chi connectivity index (χ2n) is 11.4. The summed E-state index contributed by atoms with van der Waals surface area (Å²) in [4.78, 5) is 60.0. The summed E-state index contributed by atoms with van der Waals surface area (Å²) in [6.45, 7) is 0.179. The SMILES string of the molecule is O=C(CCNS(=O)(=O)c1ccc2ccccc2c1)NC[C@@H]1[C@@H](C(=O)NCCNC(=O)c2nccnc2C2CC2)CCCN1C(=O)O. The largest absolute Gasteiger partial charge is 0.465 e. The van der Waals surface area contributed by atoms with Gasteiger partial charge in [0.2, 0.25) is 21.8 Å². The van der Waals surface area contributed by atoms with E-state index < -0.39 is 34.0 Å². The van der Waals surface area contributed by atoms with Gasteiger partial charge in [0.25, 0.3) is 5.91 Å². The van der Waals surface area contributed by atoms with Crippen molar-refractivity contribution in [2.75, 3.05) is 32.7 Å². The van der Waals surface area contributed by atoms with Crippen LogP contribution in [0.3, 0.4) is 0 Å². The predicted molar refractivity (Wildman–Crippen MR) is 167 cm³/mol. The Morgan fingerprint density at radius 2 is 1.63 bits per heavy atom. The van der Waals surface area contributed by atoms with Gasteiger partial charge < -0.3 is 26.0 Å². The van der Waals surface area contributed by atoms with Gasteiger partial charge in [-0.25, -0.2) is 22.9 Å². The highest BCUT2D eigenvalue weighted by Gasteiger charge is 2.38. The number of carbonyl (C=O) groups excluding carboxylic acids is 3. The number of carbonyl (C=O) groups is 4. The molecule has 15 heteroatoms. The molecule has 2 aromatic carbocycles. The maximum atomic E-state index is 13.1. The van der Waals surface area contributed by atoms with Gasteiger partial charge in [0.05, 0.1) is 22.5 Å². The van der Waals surface area contributed by atoms with Gasteiger partial charge in [-0.1, -0.05) is 30.3 Å². The Balaban J connectivity index is 1.09. The summed E-state index contributed by atoms with van der Waals surface area (Å²) < 4.78 is 28.0. The second-order valence-corrected chi connectivity index (χ2v) is 13.1. The van der Waals surface area contributed by atoms with Crippen molar-refractivity contribution in [3.05, 3.63) is 66.2 Å². The van der Waals surface area contributed by atoms with Crippen molar-refractivity contribution in [1.82, 2.24) is 35.5 Å². The van der Waals surface area contributed by atoms with Crippen molar-refractivity contribution in [3.63, 3.8) is 0 Å². The van der Waals surface area contributed by atoms with E-state index in [2.05, 4.69) is 30.6 Å². The Hall–Kier alpha value is -4.63. The number of sulfonamides is 1. The average Bonchev–Trinajstić information content (AvgIpc) is 3.91. The summed E-state index contributed by atoms with van der Waals surface area (Å²) in [7, 11) is -3.86. The molecule has 2 atom stereocenters. The minimum absolute atomic E-state index is 0.0797. The zero-order valence-electron chi connectivity index (χ0n) is 25.1. The maximum absolute atomic E-state index is 13.1. The smallest absolute Gasteiger partial charge is 0.407 e. The van der Waals surface area contributed by atoms with E-state index in [9.17, 15) is 32.7 Å². The van der Waals surface area contributed by atoms with Crippen molar-refractivity contribution < 1.29 is 32.7 Å². The molecule has 0 radical (unpaired) electrons. The highest BCUT2D eigenvalue weighted by atomic mass is 32.2. The number of aromatic nitrogens is 2. The van der Waals surface area contributed by atoms with Gasteiger partial charge in [-0.3, -0.25) is 19.4 Å². The first-order valence-electron chi connectivity index (χ1n) is 15.3. The highest BCUT2D eigenvalue weighted by Crippen LogP contribution is 2.39. The highest BCUT2D eigenvalue weighted by molar-refractivity contribution is 7.89. The van der Waals surface area contributed by atoms with Gasteiger partial charge in [0, 0.05) is 57.5 Å². The van der Waals surface area contributed by atoms with E-state index in [1.54, 1.807) is 18.3 Å². The third-order valence-corrected chi connectivity index (χ3v) is 9.62. The van der Waals surface area contributed by atoms with Gasteiger partial charge >= 0.3 is 6.09 Å². The van der Waals surface area contributed by atoms with Crippen molar-refractivity contribution in [3.8, 4) is 0 Å². The molecule has 1 saturated heterocycles. The van der Waals surface area contributed by atoms with E-state index >= 15 is 0 Å². The third kappa shape index (κ3) is 8.14. The number of nitrogens with one attached hydrogen (secondary N) is 4. The molecule has 3 aromatic rings. The van der Waals surface area contributed by atoms with Crippen LogP contribution < -0.4 is 20.7 Å². The minimum Gasteiger partial charge on any atom is -0.465 e. The molecule has 5 rings (SSSR count). The maximum Gasteiger partial charge on any atom is 0.407 e. The summed E-state index contributed by atoms with van der Waals surface area (Å²) in [5, 5.41) is 19.6. The summed E-state index contributed by atoms with van der Waals surface area (Å²) in [5.41, 5.74) is 0.949. The van der Waals surface area contributed by atoms with Crippen LogP contribution in [0.15, 0.2) is 59.8 Å². The second kappa shape index (κ2) is 14.6. The topological polar surface area (TPSA) is 200 Å². The summed E-state index contributed by atoms with van der Waals surface area (Å²) >= 11 is 0. The van der Waals surface area contributed by atoms with Crippen LogP contribution in [0.1, 0.15) is 54.2 Å². The molecule has 1 saturated carbocycles. The number of hydrogen-bond acceptors (Lipinski definition) is 8. The molecule has 2 aliphatic rings. The number of amides is 4. The van der Waals surface area contributed by atoms with Gasteiger partial charge in [0.1, 0.15) is 5.69 Å².